The SMILES string of the molecule is C=C[C@@]1(C)CC/C=C(\C)CC[C@@H](C(C)(C)O)O1. The van der Waals surface area contributed by atoms with Crippen LogP contribution in [0.1, 0.15) is 53.4 Å². The van der Waals surface area contributed by atoms with Crippen molar-refractivity contribution >= 4 is 0 Å². The molecule has 0 unspecified atom stereocenters. The van der Waals surface area contributed by atoms with E-state index in [4.69, 9.17) is 4.74 Å². The van der Waals surface area contributed by atoms with Crippen molar-refractivity contribution in [3.8, 4) is 0 Å². The molecule has 0 saturated heterocycles. The normalized spacial score (nSPS) is 35.1. The number of hydrogen-bond acceptors (Lipinski definition) is 2. The first kappa shape index (κ1) is 14.5. The first-order valence-electron chi connectivity index (χ1n) is 6.46. The van der Waals surface area contributed by atoms with E-state index in [1.807, 2.05) is 26.8 Å². The van der Waals surface area contributed by atoms with Gasteiger partial charge in [-0.25, -0.2) is 0 Å². The summed E-state index contributed by atoms with van der Waals surface area (Å²) >= 11 is 0. The summed E-state index contributed by atoms with van der Waals surface area (Å²) in [6, 6.07) is 0. The van der Waals surface area contributed by atoms with E-state index >= 15 is 0 Å². The Bertz CT molecular complexity index is 299. The topological polar surface area (TPSA) is 29.5 Å². The van der Waals surface area contributed by atoms with Crippen LogP contribution in [0.4, 0.5) is 0 Å². The zero-order valence-electron chi connectivity index (χ0n) is 11.6. The van der Waals surface area contributed by atoms with E-state index in [1.54, 1.807) is 0 Å². The monoisotopic (exact) mass is 238 g/mol. The first-order valence-corrected chi connectivity index (χ1v) is 6.46. The summed E-state index contributed by atoms with van der Waals surface area (Å²) < 4.78 is 6.12. The van der Waals surface area contributed by atoms with Gasteiger partial charge >= 0.3 is 0 Å². The van der Waals surface area contributed by atoms with Crippen LogP contribution in [0, 0.1) is 0 Å². The van der Waals surface area contributed by atoms with Crippen molar-refractivity contribution in [2.45, 2.75) is 70.7 Å². The molecule has 1 aliphatic heterocycles. The lowest BCUT2D eigenvalue weighted by molar-refractivity contribution is -0.144. The molecule has 2 heteroatoms. The third-order valence-electron chi connectivity index (χ3n) is 3.57. The van der Waals surface area contributed by atoms with Crippen LogP contribution in [-0.2, 0) is 4.74 Å². The lowest BCUT2D eigenvalue weighted by Gasteiger charge is -2.37. The molecule has 1 heterocycles. The lowest BCUT2D eigenvalue weighted by atomic mass is 9.94. The zero-order chi connectivity index (χ0) is 13.1. The molecular weight excluding hydrogens is 212 g/mol. The Morgan fingerprint density at radius 2 is 2.24 bits per heavy atom. The molecule has 0 aromatic carbocycles. The summed E-state index contributed by atoms with van der Waals surface area (Å²) in [5.41, 5.74) is 0.233. The van der Waals surface area contributed by atoms with Crippen LogP contribution < -0.4 is 0 Å². The van der Waals surface area contributed by atoms with E-state index in [2.05, 4.69) is 19.6 Å². The van der Waals surface area contributed by atoms with Gasteiger partial charge in [0.15, 0.2) is 0 Å². The van der Waals surface area contributed by atoms with Crippen LogP contribution >= 0.6 is 0 Å². The van der Waals surface area contributed by atoms with Gasteiger partial charge in [-0.15, -0.1) is 6.58 Å². The summed E-state index contributed by atoms with van der Waals surface area (Å²) in [5.74, 6) is 0. The van der Waals surface area contributed by atoms with Crippen LogP contribution in [0.15, 0.2) is 24.3 Å². The Morgan fingerprint density at radius 3 is 2.76 bits per heavy atom. The van der Waals surface area contributed by atoms with Gasteiger partial charge in [0.05, 0.1) is 17.3 Å². The molecule has 2 nitrogen and oxygen atoms in total. The van der Waals surface area contributed by atoms with E-state index in [0.717, 1.165) is 25.7 Å². The molecule has 0 spiro atoms. The fourth-order valence-corrected chi connectivity index (χ4v) is 2.16. The molecule has 98 valence electrons. The Balaban J connectivity index is 2.91. The third-order valence-corrected chi connectivity index (χ3v) is 3.57. The molecule has 1 rings (SSSR count). The van der Waals surface area contributed by atoms with Gasteiger partial charge in [-0.2, -0.15) is 0 Å². The van der Waals surface area contributed by atoms with Crippen LogP contribution in [0.25, 0.3) is 0 Å². The largest absolute Gasteiger partial charge is 0.388 e. The highest BCUT2D eigenvalue weighted by Gasteiger charge is 2.34. The van der Waals surface area contributed by atoms with Gasteiger partial charge in [0, 0.05) is 0 Å². The van der Waals surface area contributed by atoms with E-state index in [0.29, 0.717) is 0 Å². The number of ether oxygens (including phenoxy) is 1. The minimum atomic E-state index is -0.811. The van der Waals surface area contributed by atoms with Gasteiger partial charge in [0.1, 0.15) is 0 Å². The average Bonchev–Trinajstić information content (AvgIpc) is 2.28. The number of aliphatic hydroxyl groups is 1. The molecule has 0 bridgehead atoms. The smallest absolute Gasteiger partial charge is 0.0871 e. The predicted octanol–water partition coefficient (Wildman–Crippen LogP) is 3.61. The minimum absolute atomic E-state index is 0.146. The average molecular weight is 238 g/mol. The van der Waals surface area contributed by atoms with Crippen molar-refractivity contribution in [3.05, 3.63) is 24.3 Å². The molecule has 0 saturated carbocycles. The summed E-state index contributed by atoms with van der Waals surface area (Å²) in [5, 5.41) is 10.2. The fourth-order valence-electron chi connectivity index (χ4n) is 2.16. The quantitative estimate of drug-likeness (QED) is 0.745. The van der Waals surface area contributed by atoms with Gasteiger partial charge in [-0.05, 0) is 53.4 Å². The minimum Gasteiger partial charge on any atom is -0.388 e. The van der Waals surface area contributed by atoms with Crippen molar-refractivity contribution in [1.82, 2.24) is 0 Å². The molecule has 0 aliphatic carbocycles. The highest BCUT2D eigenvalue weighted by atomic mass is 16.5. The van der Waals surface area contributed by atoms with Gasteiger partial charge < -0.3 is 9.84 Å². The third kappa shape index (κ3) is 4.29. The highest BCUT2D eigenvalue weighted by Crippen LogP contribution is 2.30. The Kier molecular flexibility index (Phi) is 4.56. The molecule has 0 radical (unpaired) electrons. The van der Waals surface area contributed by atoms with Crippen molar-refractivity contribution < 1.29 is 9.84 Å². The molecule has 1 aliphatic rings. The van der Waals surface area contributed by atoms with E-state index in [1.165, 1.54) is 5.57 Å². The van der Waals surface area contributed by atoms with Crippen LogP contribution in [0.3, 0.4) is 0 Å². The fraction of sp³-hybridized carbons (Fsp3) is 0.733. The molecule has 0 amide bonds. The second-order valence-electron chi connectivity index (χ2n) is 5.90. The number of hydrogen-bond donors (Lipinski definition) is 1. The van der Waals surface area contributed by atoms with Gasteiger partial charge in [0.2, 0.25) is 0 Å². The summed E-state index contributed by atoms with van der Waals surface area (Å²) in [7, 11) is 0. The van der Waals surface area contributed by atoms with Gasteiger partial charge in [-0.1, -0.05) is 17.7 Å². The standard InChI is InChI=1S/C15H26O2/c1-6-15(5)11-7-8-12(2)9-10-13(17-15)14(3,4)16/h6,8,13,16H,1,7,9-11H2,2-5H3/b12-8+/t13-,15-/m0/s1. The summed E-state index contributed by atoms with van der Waals surface area (Å²) in [4.78, 5) is 0. The Hall–Kier alpha value is -0.600. The van der Waals surface area contributed by atoms with Crippen molar-refractivity contribution in [2.75, 3.05) is 0 Å². The maximum Gasteiger partial charge on any atom is 0.0871 e. The van der Waals surface area contributed by atoms with Crippen LogP contribution in [0.5, 0.6) is 0 Å². The highest BCUT2D eigenvalue weighted by molar-refractivity contribution is 5.04. The molecule has 17 heavy (non-hydrogen) atoms. The zero-order valence-corrected chi connectivity index (χ0v) is 11.6. The summed E-state index contributed by atoms with van der Waals surface area (Å²) in [6.45, 7) is 11.7. The molecule has 0 aromatic rings. The van der Waals surface area contributed by atoms with Crippen molar-refractivity contribution in [3.63, 3.8) is 0 Å². The number of allylic oxidation sites excluding steroid dienone is 2. The maximum atomic E-state index is 10.2. The lowest BCUT2D eigenvalue weighted by Crippen LogP contribution is -2.44. The Morgan fingerprint density at radius 1 is 1.59 bits per heavy atom. The van der Waals surface area contributed by atoms with E-state index in [9.17, 15) is 5.11 Å². The second-order valence-corrected chi connectivity index (χ2v) is 5.90. The van der Waals surface area contributed by atoms with E-state index in [-0.39, 0.29) is 11.7 Å². The van der Waals surface area contributed by atoms with Gasteiger partial charge in [0.25, 0.3) is 0 Å². The van der Waals surface area contributed by atoms with Crippen LogP contribution in [-0.4, -0.2) is 22.4 Å². The van der Waals surface area contributed by atoms with Crippen LogP contribution in [0.2, 0.25) is 0 Å². The summed E-state index contributed by atoms with van der Waals surface area (Å²) in [6.07, 6.45) is 7.76. The van der Waals surface area contributed by atoms with Gasteiger partial charge in [-0.3, -0.25) is 0 Å². The second kappa shape index (κ2) is 5.36. The molecular formula is C15H26O2. The number of rotatable bonds is 2. The molecule has 0 fully saturated rings. The van der Waals surface area contributed by atoms with E-state index < -0.39 is 5.60 Å². The predicted molar refractivity (Wildman–Crippen MR) is 72.0 cm³/mol. The van der Waals surface area contributed by atoms with Crippen molar-refractivity contribution in [1.29, 1.82) is 0 Å². The molecule has 1 N–H and O–H groups in total. The first-order chi connectivity index (χ1) is 7.77. The molecule has 2 atom stereocenters. The maximum absolute atomic E-state index is 10.2. The Labute approximate surface area is 105 Å². The molecule has 0 aromatic heterocycles. The van der Waals surface area contributed by atoms with Crippen molar-refractivity contribution in [2.24, 2.45) is 0 Å².